The van der Waals surface area contributed by atoms with E-state index in [1.807, 2.05) is 0 Å². The third-order valence-electron chi connectivity index (χ3n) is 5.38. The molecule has 2 aromatic heterocycles. The molecule has 1 fully saturated rings. The van der Waals surface area contributed by atoms with E-state index in [4.69, 9.17) is 39.4 Å². The van der Waals surface area contributed by atoms with Crippen molar-refractivity contribution in [1.82, 2.24) is 19.5 Å². The molecule has 0 bridgehead atoms. The Bertz CT molecular complexity index is 1240. The number of aliphatic hydroxyl groups is 1. The summed E-state index contributed by atoms with van der Waals surface area (Å²) in [6.07, 6.45) is -0.232. The SMILES string of the molecule is COC(=O)[C@]1(C(N)=O)O[C@@H](n2cnc3c(NCc4cc(Cl)ccc4Cl)ncnc32)[C@H](O)[C@@H]1N. The lowest BCUT2D eigenvalue weighted by Gasteiger charge is -2.25. The number of fused-ring (bicyclic) bond motifs is 1. The highest BCUT2D eigenvalue weighted by Gasteiger charge is 2.63. The predicted molar refractivity (Wildman–Crippen MR) is 117 cm³/mol. The van der Waals surface area contributed by atoms with Crippen LogP contribution in [0.5, 0.6) is 0 Å². The number of hydrogen-bond acceptors (Lipinski definition) is 10. The number of amides is 1. The van der Waals surface area contributed by atoms with Gasteiger partial charge < -0.3 is 31.4 Å². The molecule has 1 saturated heterocycles. The van der Waals surface area contributed by atoms with Crippen molar-refractivity contribution in [2.45, 2.75) is 30.5 Å². The maximum atomic E-state index is 12.3. The zero-order chi connectivity index (χ0) is 23.9. The number of ether oxygens (including phenoxy) is 2. The Morgan fingerprint density at radius 1 is 1.33 bits per heavy atom. The highest BCUT2D eigenvalue weighted by molar-refractivity contribution is 6.33. The Balaban J connectivity index is 1.67. The Morgan fingerprint density at radius 2 is 2.09 bits per heavy atom. The van der Waals surface area contributed by atoms with Gasteiger partial charge in [-0.25, -0.2) is 19.7 Å². The Hall–Kier alpha value is -3.03. The molecule has 14 heteroatoms. The van der Waals surface area contributed by atoms with Crippen LogP contribution in [0.2, 0.25) is 10.0 Å². The number of nitrogens with one attached hydrogen (secondary N) is 1. The normalized spacial score (nSPS) is 24.7. The molecule has 33 heavy (non-hydrogen) atoms. The van der Waals surface area contributed by atoms with Gasteiger partial charge >= 0.3 is 5.97 Å². The van der Waals surface area contributed by atoms with Crippen LogP contribution in [-0.4, -0.2) is 61.4 Å². The molecule has 1 aliphatic heterocycles. The molecule has 4 atom stereocenters. The molecular weight excluding hydrogens is 477 g/mol. The summed E-state index contributed by atoms with van der Waals surface area (Å²) in [6, 6.07) is 3.58. The first-order valence-corrected chi connectivity index (χ1v) is 10.3. The smallest absolute Gasteiger partial charge is 0.349 e. The van der Waals surface area contributed by atoms with Gasteiger partial charge in [0.05, 0.1) is 19.5 Å². The van der Waals surface area contributed by atoms with Gasteiger partial charge in [0, 0.05) is 16.6 Å². The molecule has 12 nitrogen and oxygen atoms in total. The van der Waals surface area contributed by atoms with Gasteiger partial charge in [0.2, 0.25) is 0 Å². The van der Waals surface area contributed by atoms with Crippen molar-refractivity contribution >= 4 is 52.1 Å². The summed E-state index contributed by atoms with van der Waals surface area (Å²) in [5, 5.41) is 14.9. The average Bonchev–Trinajstić information content (AvgIpc) is 3.34. The number of hydrogen-bond donors (Lipinski definition) is 4. The number of carbonyl (C=O) groups is 2. The molecule has 1 amide bonds. The van der Waals surface area contributed by atoms with E-state index in [0.29, 0.717) is 27.9 Å². The van der Waals surface area contributed by atoms with Crippen molar-refractivity contribution in [2.24, 2.45) is 11.5 Å². The van der Waals surface area contributed by atoms with Crippen LogP contribution in [0.4, 0.5) is 5.82 Å². The number of esters is 1. The number of rotatable bonds is 6. The Morgan fingerprint density at radius 3 is 2.79 bits per heavy atom. The summed E-state index contributed by atoms with van der Waals surface area (Å²) in [4.78, 5) is 37.1. The minimum absolute atomic E-state index is 0.242. The number of methoxy groups -OCH3 is 1. The van der Waals surface area contributed by atoms with Crippen molar-refractivity contribution in [3.05, 3.63) is 46.5 Å². The van der Waals surface area contributed by atoms with Gasteiger partial charge in [-0.05, 0) is 23.8 Å². The fraction of sp³-hybridized carbons (Fsp3) is 0.316. The lowest BCUT2D eigenvalue weighted by atomic mass is 9.92. The van der Waals surface area contributed by atoms with Gasteiger partial charge in [-0.2, -0.15) is 0 Å². The van der Waals surface area contributed by atoms with Crippen LogP contribution >= 0.6 is 23.2 Å². The van der Waals surface area contributed by atoms with E-state index in [2.05, 4.69) is 25.0 Å². The molecule has 3 heterocycles. The number of nitrogens with zero attached hydrogens (tertiary/aromatic N) is 4. The third-order valence-corrected chi connectivity index (χ3v) is 5.98. The topological polar surface area (TPSA) is 180 Å². The molecule has 0 spiro atoms. The Labute approximate surface area is 196 Å². The van der Waals surface area contributed by atoms with Crippen LogP contribution in [0, 0.1) is 0 Å². The van der Waals surface area contributed by atoms with Crippen molar-refractivity contribution < 1.29 is 24.2 Å². The first-order valence-electron chi connectivity index (χ1n) is 9.55. The van der Waals surface area contributed by atoms with E-state index in [1.54, 1.807) is 18.2 Å². The van der Waals surface area contributed by atoms with Crippen LogP contribution in [0.15, 0.2) is 30.9 Å². The maximum absolute atomic E-state index is 12.3. The molecule has 3 aromatic rings. The van der Waals surface area contributed by atoms with Crippen LogP contribution in [0.3, 0.4) is 0 Å². The van der Waals surface area contributed by atoms with Crippen LogP contribution in [0.1, 0.15) is 11.8 Å². The van der Waals surface area contributed by atoms with Crippen molar-refractivity contribution in [3.8, 4) is 0 Å². The molecule has 174 valence electrons. The van der Waals surface area contributed by atoms with E-state index >= 15 is 0 Å². The van der Waals surface area contributed by atoms with E-state index < -0.39 is 35.9 Å². The highest BCUT2D eigenvalue weighted by Crippen LogP contribution is 2.38. The summed E-state index contributed by atoms with van der Waals surface area (Å²) in [6.45, 7) is 0.291. The van der Waals surface area contributed by atoms with Crippen molar-refractivity contribution in [1.29, 1.82) is 0 Å². The molecule has 4 rings (SSSR count). The number of primary amides is 1. The third kappa shape index (κ3) is 3.75. The molecule has 0 saturated carbocycles. The maximum Gasteiger partial charge on any atom is 0.349 e. The minimum atomic E-state index is -2.38. The standard InChI is InChI=1S/C19H19Cl2N7O5/c1-32-18(31)19(17(23)30)13(22)12(29)16(33-19)28-7-27-11-14(25-6-26-15(11)28)24-5-8-4-9(20)2-3-10(8)21/h2-4,6-7,12-13,16,29H,5,22H2,1H3,(H2,23,30)(H,24,25,26)/t12-,13+,16-,19+/m1/s1. The summed E-state index contributed by atoms with van der Waals surface area (Å²) < 4.78 is 11.6. The van der Waals surface area contributed by atoms with E-state index in [0.717, 1.165) is 12.7 Å². The van der Waals surface area contributed by atoms with Gasteiger partial charge in [-0.1, -0.05) is 23.2 Å². The first kappa shape index (κ1) is 23.1. The van der Waals surface area contributed by atoms with Gasteiger partial charge in [-0.3, -0.25) is 9.36 Å². The number of aromatic nitrogens is 4. The summed E-state index contributed by atoms with van der Waals surface area (Å²) in [5.74, 6) is -1.95. The van der Waals surface area contributed by atoms with Gasteiger partial charge in [0.25, 0.3) is 11.5 Å². The number of nitrogens with two attached hydrogens (primary N) is 2. The van der Waals surface area contributed by atoms with E-state index in [-0.39, 0.29) is 5.65 Å². The fourth-order valence-corrected chi connectivity index (χ4v) is 4.04. The minimum Gasteiger partial charge on any atom is -0.466 e. The summed E-state index contributed by atoms with van der Waals surface area (Å²) in [5.41, 5.74) is 10.3. The molecule has 0 unspecified atom stereocenters. The Kier molecular flexibility index (Phi) is 6.12. The van der Waals surface area contributed by atoms with Crippen LogP contribution in [-0.2, 0) is 25.6 Å². The van der Waals surface area contributed by atoms with Crippen LogP contribution < -0.4 is 16.8 Å². The predicted octanol–water partition coefficient (Wildman–Crippen LogP) is 0.359. The van der Waals surface area contributed by atoms with E-state index in [1.165, 1.54) is 17.2 Å². The average molecular weight is 496 g/mol. The second-order valence-electron chi connectivity index (χ2n) is 7.25. The summed E-state index contributed by atoms with van der Waals surface area (Å²) in [7, 11) is 1.05. The molecule has 1 aromatic carbocycles. The van der Waals surface area contributed by atoms with Crippen molar-refractivity contribution in [3.63, 3.8) is 0 Å². The lowest BCUT2D eigenvalue weighted by molar-refractivity contribution is -0.178. The van der Waals surface area contributed by atoms with Crippen LogP contribution in [0.25, 0.3) is 11.2 Å². The molecular formula is C19H19Cl2N7O5. The second kappa shape index (κ2) is 8.72. The van der Waals surface area contributed by atoms with Gasteiger partial charge in [-0.15, -0.1) is 0 Å². The van der Waals surface area contributed by atoms with Gasteiger partial charge in [0.15, 0.2) is 23.2 Å². The quantitative estimate of drug-likeness (QED) is 0.275. The molecule has 0 aliphatic carbocycles. The van der Waals surface area contributed by atoms with Gasteiger partial charge in [0.1, 0.15) is 12.4 Å². The zero-order valence-electron chi connectivity index (χ0n) is 17.1. The van der Waals surface area contributed by atoms with E-state index in [9.17, 15) is 14.7 Å². The van der Waals surface area contributed by atoms with Crippen molar-refractivity contribution in [2.75, 3.05) is 12.4 Å². The largest absolute Gasteiger partial charge is 0.466 e. The zero-order valence-corrected chi connectivity index (χ0v) is 18.6. The first-order chi connectivity index (χ1) is 15.7. The number of aliphatic hydroxyl groups excluding tert-OH is 1. The lowest BCUT2D eigenvalue weighted by Crippen LogP contribution is -2.62. The molecule has 1 aliphatic rings. The number of halogens is 2. The monoisotopic (exact) mass is 495 g/mol. The second-order valence-corrected chi connectivity index (χ2v) is 8.10. The highest BCUT2D eigenvalue weighted by atomic mass is 35.5. The number of carbonyl (C=O) groups excluding carboxylic acids is 2. The number of benzene rings is 1. The summed E-state index contributed by atoms with van der Waals surface area (Å²) >= 11 is 12.2. The molecule has 0 radical (unpaired) electrons. The number of anilines is 1. The molecule has 6 N–H and O–H groups in total. The number of imidazole rings is 1. The fourth-order valence-electron chi connectivity index (χ4n) is 3.66.